The van der Waals surface area contributed by atoms with Crippen LogP contribution in [0.5, 0.6) is 0 Å². The summed E-state index contributed by atoms with van der Waals surface area (Å²) >= 11 is -3.28. The Hall–Kier alpha value is -0.0557. The van der Waals surface area contributed by atoms with Crippen molar-refractivity contribution >= 4 is 5.97 Å². The van der Waals surface area contributed by atoms with Gasteiger partial charge in [0.2, 0.25) is 0 Å². The molecule has 4 nitrogen and oxygen atoms in total. The minimum atomic E-state index is -3.28. The van der Waals surface area contributed by atoms with E-state index in [-0.39, 0.29) is 12.1 Å². The second kappa shape index (κ2) is 19.7. The topological polar surface area (TPSA) is 52.6 Å². The molecular formula is C21H42O4Ti. The molecule has 0 spiro atoms. The van der Waals surface area contributed by atoms with E-state index in [9.17, 15) is 8.12 Å². The van der Waals surface area contributed by atoms with Gasteiger partial charge in [-0.15, -0.1) is 0 Å². The van der Waals surface area contributed by atoms with Gasteiger partial charge in [0.25, 0.3) is 0 Å². The van der Waals surface area contributed by atoms with E-state index in [1.165, 1.54) is 83.5 Å². The first-order valence-corrected chi connectivity index (χ1v) is 12.9. The Balaban J connectivity index is 3.22. The predicted octanol–water partition coefficient (Wildman–Crippen LogP) is 7.01. The van der Waals surface area contributed by atoms with Crippen molar-refractivity contribution in [1.29, 1.82) is 0 Å². The third-order valence-electron chi connectivity index (χ3n) is 4.51. The van der Waals surface area contributed by atoms with Gasteiger partial charge in [-0.05, 0) is 0 Å². The summed E-state index contributed by atoms with van der Waals surface area (Å²) < 4.78 is 21.3. The van der Waals surface area contributed by atoms with Crippen molar-refractivity contribution in [2.45, 2.75) is 130 Å². The molecule has 0 aromatic rings. The summed E-state index contributed by atoms with van der Waals surface area (Å²) in [6, 6.07) is 0. The fraction of sp³-hybridized carbons (Fsp3) is 0.952. The molecule has 0 saturated carbocycles. The standard InChI is InChI=1S/C18H36O2.C3H7O.O.Ti/c1-2-3-4-5-6-7-8-9-10-11-12-13-14-15-16-17-18(19)20;1-3(2)4;;/h2-17H2,1H3,(H,19,20);3H,1-2H3;;/q;-1;;+2/p-1. The number of rotatable bonds is 19. The Bertz CT molecular complexity index is 345. The molecule has 0 aromatic carbocycles. The van der Waals surface area contributed by atoms with E-state index in [0.29, 0.717) is 6.42 Å². The minimum absolute atomic E-state index is 0.152. The van der Waals surface area contributed by atoms with E-state index in [1.807, 2.05) is 0 Å². The summed E-state index contributed by atoms with van der Waals surface area (Å²) in [5.74, 6) is -0.370. The molecule has 0 aliphatic carbocycles. The molecule has 5 heteroatoms. The van der Waals surface area contributed by atoms with Crippen molar-refractivity contribution in [2.24, 2.45) is 0 Å². The van der Waals surface area contributed by atoms with Gasteiger partial charge >= 0.3 is 124 Å². The molecular weight excluding hydrogens is 364 g/mol. The molecule has 0 fully saturated rings. The molecule has 0 heterocycles. The molecule has 0 N–H and O–H groups in total. The van der Waals surface area contributed by atoms with Gasteiger partial charge in [0, 0.05) is 0 Å². The molecule has 0 unspecified atom stereocenters. The Labute approximate surface area is 168 Å². The molecule has 0 aliphatic heterocycles. The Morgan fingerprint density at radius 3 is 1.50 bits per heavy atom. The van der Waals surface area contributed by atoms with E-state index >= 15 is 0 Å². The van der Waals surface area contributed by atoms with Gasteiger partial charge < -0.3 is 0 Å². The van der Waals surface area contributed by atoms with Crippen LogP contribution in [0.3, 0.4) is 0 Å². The van der Waals surface area contributed by atoms with Crippen LogP contribution in [0.25, 0.3) is 0 Å². The second-order valence-electron chi connectivity index (χ2n) is 7.59. The quantitative estimate of drug-likeness (QED) is 0.171. The number of carbonyl (C=O) groups is 1. The number of carbonyl (C=O) groups excluding carboxylic acids is 1. The fourth-order valence-corrected chi connectivity index (χ4v) is 4.13. The Kier molecular flexibility index (Phi) is 19.7. The zero-order chi connectivity index (χ0) is 19.5. The van der Waals surface area contributed by atoms with E-state index in [2.05, 4.69) is 6.92 Å². The SMILES string of the molecule is CCCCCCCCCCCCCCCCCC(=O)[O][Ti](=[O])[O]C(C)C. The summed E-state index contributed by atoms with van der Waals surface area (Å²) in [6.45, 7) is 5.84. The van der Waals surface area contributed by atoms with Crippen LogP contribution in [0.4, 0.5) is 0 Å². The second-order valence-corrected chi connectivity index (χ2v) is 9.06. The van der Waals surface area contributed by atoms with E-state index in [4.69, 9.17) is 6.64 Å². The van der Waals surface area contributed by atoms with Crippen molar-refractivity contribution in [1.82, 2.24) is 0 Å². The zero-order valence-electron chi connectivity index (χ0n) is 17.5. The maximum absolute atomic E-state index is 11.5. The summed E-state index contributed by atoms with van der Waals surface area (Å²) in [5.41, 5.74) is 0. The van der Waals surface area contributed by atoms with Gasteiger partial charge in [0.15, 0.2) is 0 Å². The molecule has 0 aliphatic rings. The third kappa shape index (κ3) is 20.3. The van der Waals surface area contributed by atoms with Crippen LogP contribution in [0.15, 0.2) is 0 Å². The van der Waals surface area contributed by atoms with Crippen molar-refractivity contribution in [3.05, 3.63) is 0 Å². The van der Waals surface area contributed by atoms with E-state index in [1.54, 1.807) is 13.8 Å². The Morgan fingerprint density at radius 1 is 0.731 bits per heavy atom. The van der Waals surface area contributed by atoms with Crippen LogP contribution >= 0.6 is 0 Å². The van der Waals surface area contributed by atoms with Gasteiger partial charge in [-0.2, -0.15) is 0 Å². The average Bonchev–Trinajstić information content (AvgIpc) is 2.57. The van der Waals surface area contributed by atoms with Crippen LogP contribution in [-0.4, -0.2) is 12.1 Å². The maximum atomic E-state index is 11.5. The molecule has 0 atom stereocenters. The molecule has 154 valence electrons. The van der Waals surface area contributed by atoms with Crippen LogP contribution in [0.2, 0.25) is 0 Å². The Morgan fingerprint density at radius 2 is 1.12 bits per heavy atom. The summed E-state index contributed by atoms with van der Waals surface area (Å²) in [5, 5.41) is 0. The number of unbranched alkanes of at least 4 members (excludes halogenated alkanes) is 14. The van der Waals surface area contributed by atoms with Crippen molar-refractivity contribution in [3.8, 4) is 0 Å². The third-order valence-corrected chi connectivity index (χ3v) is 6.17. The first-order valence-electron chi connectivity index (χ1n) is 11.0. The fourth-order valence-electron chi connectivity index (χ4n) is 3.00. The van der Waals surface area contributed by atoms with E-state index < -0.39 is 18.6 Å². The first kappa shape index (κ1) is 25.9. The van der Waals surface area contributed by atoms with Gasteiger partial charge in [-0.1, -0.05) is 45.4 Å². The van der Waals surface area contributed by atoms with Crippen molar-refractivity contribution < 1.29 is 33.4 Å². The molecule has 0 aromatic heterocycles. The molecule has 0 bridgehead atoms. The van der Waals surface area contributed by atoms with Gasteiger partial charge in [0.1, 0.15) is 0 Å². The molecule has 0 amide bonds. The van der Waals surface area contributed by atoms with Gasteiger partial charge in [0.05, 0.1) is 0 Å². The van der Waals surface area contributed by atoms with Crippen molar-refractivity contribution in [3.63, 3.8) is 0 Å². The zero-order valence-corrected chi connectivity index (χ0v) is 19.1. The molecule has 0 rings (SSSR count). The number of hydrogen-bond donors (Lipinski definition) is 0. The summed E-state index contributed by atoms with van der Waals surface area (Å²) in [6.07, 6.45) is 19.7. The van der Waals surface area contributed by atoms with Crippen LogP contribution in [0.1, 0.15) is 124 Å². The monoisotopic (exact) mass is 406 g/mol. The molecule has 26 heavy (non-hydrogen) atoms. The average molecular weight is 406 g/mol. The van der Waals surface area contributed by atoms with Gasteiger partial charge in [-0.3, -0.25) is 0 Å². The molecule has 0 saturated heterocycles. The van der Waals surface area contributed by atoms with Gasteiger partial charge in [-0.25, -0.2) is 0 Å². The summed E-state index contributed by atoms with van der Waals surface area (Å²) in [7, 11) is 0. The van der Waals surface area contributed by atoms with Crippen molar-refractivity contribution in [2.75, 3.05) is 0 Å². The van der Waals surface area contributed by atoms with Crippen LogP contribution in [0, 0.1) is 0 Å². The van der Waals surface area contributed by atoms with Crippen LogP contribution in [-0.2, 0) is 33.4 Å². The normalized spacial score (nSPS) is 11.1. The first-order chi connectivity index (χ1) is 12.6. The summed E-state index contributed by atoms with van der Waals surface area (Å²) in [4.78, 5) is 11.5. The predicted molar refractivity (Wildman–Crippen MR) is 103 cm³/mol. The van der Waals surface area contributed by atoms with E-state index in [0.717, 1.165) is 12.8 Å². The molecule has 0 radical (unpaired) electrons. The van der Waals surface area contributed by atoms with Crippen LogP contribution < -0.4 is 0 Å². The number of hydrogen-bond acceptors (Lipinski definition) is 4.